The highest BCUT2D eigenvalue weighted by molar-refractivity contribution is 9.10. The second kappa shape index (κ2) is 10.3. The van der Waals surface area contributed by atoms with Crippen molar-refractivity contribution >= 4 is 33.4 Å². The number of amides is 1. The fourth-order valence-corrected chi connectivity index (χ4v) is 4.11. The predicted molar refractivity (Wildman–Crippen MR) is 127 cm³/mol. The van der Waals surface area contributed by atoms with E-state index in [1.54, 1.807) is 18.2 Å². The maximum Gasteiger partial charge on any atom is 0.295 e. The van der Waals surface area contributed by atoms with Gasteiger partial charge in [-0.1, -0.05) is 41.9 Å². The Balaban J connectivity index is 2.08. The average molecular weight is 502 g/mol. The topological polar surface area (TPSA) is 76.1 Å². The molecular formula is C25H28BrNO5. The minimum atomic E-state index is -0.708. The number of methoxy groups -OCH3 is 1. The lowest BCUT2D eigenvalue weighted by Crippen LogP contribution is -2.32. The van der Waals surface area contributed by atoms with Gasteiger partial charge in [0, 0.05) is 23.7 Å². The van der Waals surface area contributed by atoms with Crippen LogP contribution in [0.15, 0.2) is 52.5 Å². The smallest absolute Gasteiger partial charge is 0.295 e. The molecule has 1 aliphatic heterocycles. The highest BCUT2D eigenvalue weighted by atomic mass is 79.9. The SMILES string of the molecule is COCCN1C(=O)C(=O)/C(=C(/O)c2ccc(OCC(C)C)c(C)c2)[C@H]1c1cccc(Br)c1. The van der Waals surface area contributed by atoms with Crippen molar-refractivity contribution in [2.75, 3.05) is 26.9 Å². The molecule has 0 aromatic heterocycles. The van der Waals surface area contributed by atoms with E-state index < -0.39 is 17.7 Å². The first-order valence-electron chi connectivity index (χ1n) is 10.5. The van der Waals surface area contributed by atoms with Gasteiger partial charge in [-0.25, -0.2) is 0 Å². The number of benzene rings is 2. The molecule has 1 heterocycles. The molecule has 0 radical (unpaired) electrons. The van der Waals surface area contributed by atoms with E-state index in [1.807, 2.05) is 31.2 Å². The monoisotopic (exact) mass is 501 g/mol. The van der Waals surface area contributed by atoms with Crippen LogP contribution in [-0.4, -0.2) is 48.6 Å². The number of ketones is 1. The van der Waals surface area contributed by atoms with Crippen LogP contribution >= 0.6 is 15.9 Å². The van der Waals surface area contributed by atoms with Crippen molar-refractivity contribution in [3.05, 3.63) is 69.2 Å². The lowest BCUT2D eigenvalue weighted by molar-refractivity contribution is -0.140. The third-order valence-electron chi connectivity index (χ3n) is 5.26. The molecule has 0 unspecified atom stereocenters. The third-order valence-corrected chi connectivity index (χ3v) is 5.75. The van der Waals surface area contributed by atoms with Gasteiger partial charge in [0.25, 0.3) is 11.7 Å². The van der Waals surface area contributed by atoms with Crippen molar-refractivity contribution in [3.8, 4) is 5.75 Å². The largest absolute Gasteiger partial charge is 0.507 e. The van der Waals surface area contributed by atoms with Crippen LogP contribution in [0.3, 0.4) is 0 Å². The number of rotatable bonds is 8. The molecule has 7 heteroatoms. The van der Waals surface area contributed by atoms with Crippen molar-refractivity contribution in [1.29, 1.82) is 0 Å². The summed E-state index contributed by atoms with van der Waals surface area (Å²) in [5, 5.41) is 11.2. The quantitative estimate of drug-likeness (QED) is 0.317. The Bertz CT molecular complexity index is 1050. The number of carbonyl (C=O) groups is 2. The van der Waals surface area contributed by atoms with Gasteiger partial charge < -0.3 is 19.5 Å². The maximum absolute atomic E-state index is 13.0. The number of aliphatic hydroxyl groups is 1. The van der Waals surface area contributed by atoms with Gasteiger partial charge in [0.1, 0.15) is 11.5 Å². The van der Waals surface area contributed by atoms with Crippen molar-refractivity contribution in [2.24, 2.45) is 5.92 Å². The van der Waals surface area contributed by atoms with E-state index in [-0.39, 0.29) is 24.5 Å². The molecule has 0 bridgehead atoms. The Kier molecular flexibility index (Phi) is 7.74. The maximum atomic E-state index is 13.0. The van der Waals surface area contributed by atoms with Crippen LogP contribution in [0.5, 0.6) is 5.75 Å². The van der Waals surface area contributed by atoms with Crippen LogP contribution in [0.1, 0.15) is 36.6 Å². The van der Waals surface area contributed by atoms with E-state index >= 15 is 0 Å². The van der Waals surface area contributed by atoms with Crippen molar-refractivity contribution in [2.45, 2.75) is 26.8 Å². The van der Waals surface area contributed by atoms with E-state index in [4.69, 9.17) is 9.47 Å². The molecule has 0 aliphatic carbocycles. The van der Waals surface area contributed by atoms with Crippen molar-refractivity contribution < 1.29 is 24.2 Å². The zero-order chi connectivity index (χ0) is 23.4. The van der Waals surface area contributed by atoms with Gasteiger partial charge in [-0.2, -0.15) is 0 Å². The normalized spacial score (nSPS) is 17.9. The van der Waals surface area contributed by atoms with Gasteiger partial charge in [-0.05, 0) is 54.3 Å². The van der Waals surface area contributed by atoms with Crippen LogP contribution < -0.4 is 4.74 Å². The van der Waals surface area contributed by atoms with Gasteiger partial charge in [-0.15, -0.1) is 0 Å². The number of nitrogens with zero attached hydrogens (tertiary/aromatic N) is 1. The highest BCUT2D eigenvalue weighted by Crippen LogP contribution is 2.40. The minimum absolute atomic E-state index is 0.0689. The zero-order valence-corrected chi connectivity index (χ0v) is 20.3. The molecule has 6 nitrogen and oxygen atoms in total. The first kappa shape index (κ1) is 24.0. The van der Waals surface area contributed by atoms with E-state index in [9.17, 15) is 14.7 Å². The molecule has 2 aromatic carbocycles. The summed E-state index contributed by atoms with van der Waals surface area (Å²) >= 11 is 3.45. The Hall–Kier alpha value is -2.64. The molecule has 32 heavy (non-hydrogen) atoms. The van der Waals surface area contributed by atoms with Crippen LogP contribution in [0.2, 0.25) is 0 Å². The summed E-state index contributed by atoms with van der Waals surface area (Å²) in [4.78, 5) is 27.3. The van der Waals surface area contributed by atoms with Gasteiger partial charge in [0.2, 0.25) is 0 Å². The Labute approximate surface area is 197 Å². The van der Waals surface area contributed by atoms with Crippen molar-refractivity contribution in [1.82, 2.24) is 4.90 Å². The van der Waals surface area contributed by atoms with Crippen molar-refractivity contribution in [3.63, 3.8) is 0 Å². The number of aliphatic hydroxyl groups excluding tert-OH is 1. The lowest BCUT2D eigenvalue weighted by atomic mass is 9.95. The summed E-state index contributed by atoms with van der Waals surface area (Å²) < 4.78 is 11.8. The molecular weight excluding hydrogens is 474 g/mol. The average Bonchev–Trinajstić information content (AvgIpc) is 3.01. The molecule has 1 aliphatic rings. The molecule has 3 rings (SSSR count). The predicted octanol–water partition coefficient (Wildman–Crippen LogP) is 4.86. The second-order valence-corrected chi connectivity index (χ2v) is 9.14. The first-order valence-corrected chi connectivity index (χ1v) is 11.3. The number of halogens is 1. The number of hydrogen-bond donors (Lipinski definition) is 1. The first-order chi connectivity index (χ1) is 15.2. The van der Waals surface area contributed by atoms with Crippen LogP contribution in [-0.2, 0) is 14.3 Å². The van der Waals surface area contributed by atoms with Gasteiger partial charge >= 0.3 is 0 Å². The highest BCUT2D eigenvalue weighted by Gasteiger charge is 2.45. The Morgan fingerprint density at radius 1 is 1.19 bits per heavy atom. The van der Waals surface area contributed by atoms with Gasteiger partial charge in [0.05, 0.1) is 24.8 Å². The zero-order valence-electron chi connectivity index (χ0n) is 18.7. The molecule has 1 saturated heterocycles. The van der Waals surface area contributed by atoms with E-state index in [0.717, 1.165) is 21.3 Å². The molecule has 170 valence electrons. The third kappa shape index (κ3) is 5.05. The number of carbonyl (C=O) groups excluding carboxylic acids is 2. The summed E-state index contributed by atoms with van der Waals surface area (Å²) in [5.41, 5.74) is 2.09. The van der Waals surface area contributed by atoms with E-state index in [2.05, 4.69) is 29.8 Å². The summed E-state index contributed by atoms with van der Waals surface area (Å²) in [6.07, 6.45) is 0. The van der Waals surface area contributed by atoms with Crippen LogP contribution in [0.25, 0.3) is 5.76 Å². The molecule has 0 spiro atoms. The summed E-state index contributed by atoms with van der Waals surface area (Å²) in [7, 11) is 1.54. The van der Waals surface area contributed by atoms with E-state index in [0.29, 0.717) is 18.1 Å². The Morgan fingerprint density at radius 2 is 1.94 bits per heavy atom. The molecule has 1 atom stereocenters. The van der Waals surface area contributed by atoms with Crippen LogP contribution in [0.4, 0.5) is 0 Å². The number of likely N-dealkylation sites (tertiary alicyclic amines) is 1. The molecule has 1 fully saturated rings. The second-order valence-electron chi connectivity index (χ2n) is 8.23. The summed E-state index contributed by atoms with van der Waals surface area (Å²) in [5.74, 6) is -0.453. The number of Topliss-reactive ketones (excluding diaryl/α,β-unsaturated/α-hetero) is 1. The molecule has 1 N–H and O–H groups in total. The molecule has 1 amide bonds. The van der Waals surface area contributed by atoms with Crippen LogP contribution in [0, 0.1) is 12.8 Å². The van der Waals surface area contributed by atoms with Gasteiger partial charge in [0.15, 0.2) is 0 Å². The number of hydrogen-bond acceptors (Lipinski definition) is 5. The fraction of sp³-hybridized carbons (Fsp3) is 0.360. The standard InChI is InChI=1S/C25H28BrNO5/c1-15(2)14-32-20-9-8-18(12-16(20)3)23(28)21-22(17-6-5-7-19(26)13-17)27(10-11-31-4)25(30)24(21)29/h5-9,12-13,15,22,28H,10-11,14H2,1-4H3/b23-21+/t22-/m1/s1. The summed E-state index contributed by atoms with van der Waals surface area (Å²) in [6, 6.07) is 11.9. The van der Waals surface area contributed by atoms with E-state index in [1.165, 1.54) is 12.0 Å². The van der Waals surface area contributed by atoms with Gasteiger partial charge in [-0.3, -0.25) is 9.59 Å². The minimum Gasteiger partial charge on any atom is -0.507 e. The molecule has 2 aromatic rings. The number of aryl methyl sites for hydroxylation is 1. The summed E-state index contributed by atoms with van der Waals surface area (Å²) in [6.45, 7) is 7.11. The lowest BCUT2D eigenvalue weighted by Gasteiger charge is -2.25. The fourth-order valence-electron chi connectivity index (χ4n) is 3.69. The Morgan fingerprint density at radius 3 is 2.56 bits per heavy atom. The number of ether oxygens (including phenoxy) is 2. The molecule has 0 saturated carbocycles.